The molecule has 2 atom stereocenters. The maximum absolute atomic E-state index is 12.7. The number of halogens is 1. The Morgan fingerprint density at radius 2 is 1.70 bits per heavy atom. The third kappa shape index (κ3) is 3.21. The van der Waals surface area contributed by atoms with Crippen LogP contribution in [-0.4, -0.2) is 28.2 Å². The molecule has 2 unspecified atom stereocenters. The monoisotopic (exact) mass is 330 g/mol. The molecule has 3 amide bonds. The molecule has 0 aliphatic carbocycles. The number of hydrogen-bond donors (Lipinski definition) is 2. The zero-order valence-corrected chi connectivity index (χ0v) is 12.9. The van der Waals surface area contributed by atoms with Crippen molar-refractivity contribution in [2.75, 3.05) is 0 Å². The van der Waals surface area contributed by atoms with Gasteiger partial charge in [-0.3, -0.25) is 9.69 Å². The minimum absolute atomic E-state index is 0.155. The Kier molecular flexibility index (Phi) is 4.32. The molecule has 0 radical (unpaired) electrons. The van der Waals surface area contributed by atoms with E-state index >= 15 is 0 Å². The Morgan fingerprint density at radius 3 is 2.35 bits per heavy atom. The van der Waals surface area contributed by atoms with Crippen molar-refractivity contribution in [2.45, 2.75) is 18.7 Å². The lowest BCUT2D eigenvalue weighted by Gasteiger charge is -2.35. The first kappa shape index (κ1) is 15.5. The van der Waals surface area contributed by atoms with Gasteiger partial charge in [-0.25, -0.2) is 4.79 Å². The summed E-state index contributed by atoms with van der Waals surface area (Å²) in [5, 5.41) is 13.1. The molecule has 0 aromatic heterocycles. The summed E-state index contributed by atoms with van der Waals surface area (Å²) in [6.45, 7) is 0.155. The van der Waals surface area contributed by atoms with Gasteiger partial charge in [-0.1, -0.05) is 54.1 Å². The van der Waals surface area contributed by atoms with E-state index in [1.54, 1.807) is 24.3 Å². The van der Waals surface area contributed by atoms with Gasteiger partial charge in [0.1, 0.15) is 12.1 Å². The van der Waals surface area contributed by atoms with Gasteiger partial charge in [0.25, 0.3) is 0 Å². The molecule has 0 saturated carbocycles. The lowest BCUT2D eigenvalue weighted by atomic mass is 9.94. The van der Waals surface area contributed by atoms with Gasteiger partial charge in [-0.05, 0) is 23.3 Å². The van der Waals surface area contributed by atoms with Gasteiger partial charge in [0, 0.05) is 5.02 Å². The molecule has 2 N–H and O–H groups in total. The molecule has 23 heavy (non-hydrogen) atoms. The van der Waals surface area contributed by atoms with E-state index in [1.165, 1.54) is 0 Å². The van der Waals surface area contributed by atoms with Gasteiger partial charge in [0.05, 0.1) is 6.54 Å². The molecular weight excluding hydrogens is 316 g/mol. The summed E-state index contributed by atoms with van der Waals surface area (Å²) in [4.78, 5) is 25.9. The van der Waals surface area contributed by atoms with Crippen LogP contribution in [-0.2, 0) is 11.3 Å². The molecule has 2 aromatic rings. The topological polar surface area (TPSA) is 69.6 Å². The van der Waals surface area contributed by atoms with E-state index in [9.17, 15) is 14.7 Å². The second-order valence-electron chi connectivity index (χ2n) is 5.33. The van der Waals surface area contributed by atoms with Gasteiger partial charge in [-0.2, -0.15) is 0 Å². The van der Waals surface area contributed by atoms with Crippen molar-refractivity contribution in [3.63, 3.8) is 0 Å². The number of carbonyl (C=O) groups is 2. The Bertz CT molecular complexity index is 718. The van der Waals surface area contributed by atoms with Crippen molar-refractivity contribution >= 4 is 23.5 Å². The van der Waals surface area contributed by atoms with Crippen LogP contribution in [0.4, 0.5) is 4.79 Å². The van der Waals surface area contributed by atoms with Crippen molar-refractivity contribution in [2.24, 2.45) is 0 Å². The maximum Gasteiger partial charge on any atom is 0.326 e. The van der Waals surface area contributed by atoms with Crippen LogP contribution in [0.3, 0.4) is 0 Å². The van der Waals surface area contributed by atoms with Crippen LogP contribution in [0.1, 0.15) is 17.0 Å². The molecule has 1 aliphatic heterocycles. The van der Waals surface area contributed by atoms with E-state index < -0.39 is 24.1 Å². The Balaban J connectivity index is 1.88. The minimum Gasteiger partial charge on any atom is -0.372 e. The normalized spacial score (nSPS) is 21.2. The molecule has 1 heterocycles. The molecule has 1 fully saturated rings. The predicted octanol–water partition coefficient (Wildman–Crippen LogP) is 2.49. The first-order chi connectivity index (χ1) is 11.1. The molecular formula is C17H15ClN2O3. The Morgan fingerprint density at radius 1 is 1.04 bits per heavy atom. The number of urea groups is 1. The van der Waals surface area contributed by atoms with Crippen LogP contribution in [0.15, 0.2) is 54.6 Å². The summed E-state index contributed by atoms with van der Waals surface area (Å²) in [7, 11) is 0. The zero-order chi connectivity index (χ0) is 16.4. The summed E-state index contributed by atoms with van der Waals surface area (Å²) in [6.07, 6.45) is -1.26. The van der Waals surface area contributed by atoms with Crippen LogP contribution in [0.2, 0.25) is 5.02 Å². The summed E-state index contributed by atoms with van der Waals surface area (Å²) >= 11 is 5.85. The van der Waals surface area contributed by atoms with Crippen LogP contribution in [0, 0.1) is 0 Å². The average Bonchev–Trinajstić information content (AvgIpc) is 2.54. The number of nitrogens with one attached hydrogen (secondary N) is 1. The predicted molar refractivity (Wildman–Crippen MR) is 85.7 cm³/mol. The molecule has 1 aliphatic rings. The van der Waals surface area contributed by atoms with Crippen LogP contribution >= 0.6 is 11.6 Å². The fraction of sp³-hybridized carbons (Fsp3) is 0.176. The number of rotatable bonds is 3. The number of amides is 3. The molecule has 5 nitrogen and oxygen atoms in total. The van der Waals surface area contributed by atoms with E-state index in [2.05, 4.69) is 5.32 Å². The fourth-order valence-corrected chi connectivity index (χ4v) is 2.73. The number of carbonyl (C=O) groups excluding carboxylic acids is 2. The Hall–Kier alpha value is -2.37. The van der Waals surface area contributed by atoms with E-state index in [1.807, 2.05) is 30.3 Å². The minimum atomic E-state index is -1.26. The largest absolute Gasteiger partial charge is 0.372 e. The summed E-state index contributed by atoms with van der Waals surface area (Å²) in [6, 6.07) is 15.3. The number of imide groups is 1. The number of hydrogen-bond acceptors (Lipinski definition) is 3. The third-order valence-electron chi connectivity index (χ3n) is 3.78. The highest BCUT2D eigenvalue weighted by molar-refractivity contribution is 6.30. The van der Waals surface area contributed by atoms with E-state index in [-0.39, 0.29) is 6.54 Å². The number of aliphatic hydroxyl groups excluding tert-OH is 1. The Labute approximate surface area is 138 Å². The second kappa shape index (κ2) is 6.40. The fourth-order valence-electron chi connectivity index (χ4n) is 2.60. The molecule has 1 saturated heterocycles. The summed E-state index contributed by atoms with van der Waals surface area (Å²) in [5.74, 6) is -1.29. The summed E-state index contributed by atoms with van der Waals surface area (Å²) in [5.41, 5.74) is 1.44. The number of benzene rings is 2. The van der Waals surface area contributed by atoms with Crippen molar-refractivity contribution in [3.8, 4) is 0 Å². The highest BCUT2D eigenvalue weighted by Gasteiger charge is 2.41. The molecule has 118 valence electrons. The molecule has 6 heteroatoms. The van der Waals surface area contributed by atoms with Crippen molar-refractivity contribution < 1.29 is 14.7 Å². The van der Waals surface area contributed by atoms with Gasteiger partial charge < -0.3 is 10.4 Å². The highest BCUT2D eigenvalue weighted by Crippen LogP contribution is 2.27. The SMILES string of the molecule is O=C1NC(O)C(c2ccc(Cl)cc2)C(=O)N1Cc1ccccc1. The molecule has 0 spiro atoms. The van der Waals surface area contributed by atoms with Crippen molar-refractivity contribution in [3.05, 3.63) is 70.7 Å². The first-order valence-electron chi connectivity index (χ1n) is 7.15. The second-order valence-corrected chi connectivity index (χ2v) is 5.77. The van der Waals surface area contributed by atoms with Crippen molar-refractivity contribution in [1.82, 2.24) is 10.2 Å². The van der Waals surface area contributed by atoms with Gasteiger partial charge in [0.15, 0.2) is 0 Å². The van der Waals surface area contributed by atoms with E-state index in [0.717, 1.165) is 10.5 Å². The third-order valence-corrected chi connectivity index (χ3v) is 4.03. The quantitative estimate of drug-likeness (QED) is 0.908. The number of aliphatic hydroxyl groups is 1. The lowest BCUT2D eigenvalue weighted by Crippen LogP contribution is -2.58. The zero-order valence-electron chi connectivity index (χ0n) is 12.1. The van der Waals surface area contributed by atoms with E-state index in [0.29, 0.717) is 10.6 Å². The van der Waals surface area contributed by atoms with Crippen molar-refractivity contribution in [1.29, 1.82) is 0 Å². The summed E-state index contributed by atoms with van der Waals surface area (Å²) < 4.78 is 0. The maximum atomic E-state index is 12.7. The molecule has 2 aromatic carbocycles. The van der Waals surface area contributed by atoms with Gasteiger partial charge in [0.2, 0.25) is 5.91 Å². The number of nitrogens with zero attached hydrogens (tertiary/aromatic N) is 1. The van der Waals surface area contributed by atoms with E-state index in [4.69, 9.17) is 11.6 Å². The van der Waals surface area contributed by atoms with Crippen LogP contribution in [0.5, 0.6) is 0 Å². The van der Waals surface area contributed by atoms with Crippen LogP contribution in [0.25, 0.3) is 0 Å². The lowest BCUT2D eigenvalue weighted by molar-refractivity contribution is -0.136. The standard InChI is InChI=1S/C17H15ClN2O3/c18-13-8-6-12(7-9-13)14-15(21)19-17(23)20(16(14)22)10-11-4-2-1-3-5-11/h1-9,14-15,21H,10H2,(H,19,23). The van der Waals surface area contributed by atoms with Gasteiger partial charge >= 0.3 is 6.03 Å². The highest BCUT2D eigenvalue weighted by atomic mass is 35.5. The first-order valence-corrected chi connectivity index (χ1v) is 7.53. The van der Waals surface area contributed by atoms with Gasteiger partial charge in [-0.15, -0.1) is 0 Å². The average molecular weight is 331 g/mol. The van der Waals surface area contributed by atoms with Crippen LogP contribution < -0.4 is 5.32 Å². The molecule has 3 rings (SSSR count). The smallest absolute Gasteiger partial charge is 0.326 e. The molecule has 0 bridgehead atoms.